The first-order chi connectivity index (χ1) is 13.2. The summed E-state index contributed by atoms with van der Waals surface area (Å²) in [5.41, 5.74) is 4.08. The Balaban J connectivity index is 1.72. The van der Waals surface area contributed by atoms with Crippen LogP contribution in [0.4, 0.5) is 0 Å². The van der Waals surface area contributed by atoms with E-state index in [1.165, 1.54) is 0 Å². The molecular formula is C23H25NO3. The van der Waals surface area contributed by atoms with Gasteiger partial charge >= 0.3 is 0 Å². The van der Waals surface area contributed by atoms with Crippen LogP contribution in [-0.2, 0) is 13.0 Å². The van der Waals surface area contributed by atoms with Crippen molar-refractivity contribution < 1.29 is 14.6 Å². The van der Waals surface area contributed by atoms with Crippen LogP contribution in [0.2, 0.25) is 0 Å². The molecule has 0 aliphatic rings. The van der Waals surface area contributed by atoms with Gasteiger partial charge < -0.3 is 19.9 Å². The van der Waals surface area contributed by atoms with Gasteiger partial charge in [0.15, 0.2) is 0 Å². The topological polar surface area (TPSA) is 50.7 Å². The van der Waals surface area contributed by atoms with Crippen molar-refractivity contribution in [3.05, 3.63) is 77.9 Å². The zero-order chi connectivity index (χ0) is 19.1. The van der Waals surface area contributed by atoms with Crippen LogP contribution in [0.3, 0.4) is 0 Å². The summed E-state index contributed by atoms with van der Waals surface area (Å²) in [6.45, 7) is 1.38. The van der Waals surface area contributed by atoms with Gasteiger partial charge in [-0.25, -0.2) is 0 Å². The minimum Gasteiger partial charge on any atom is -0.508 e. The zero-order valence-corrected chi connectivity index (χ0v) is 15.7. The van der Waals surface area contributed by atoms with E-state index in [0.717, 1.165) is 46.7 Å². The summed E-state index contributed by atoms with van der Waals surface area (Å²) in [5.74, 6) is 1.99. The second kappa shape index (κ2) is 9.10. The molecule has 0 atom stereocenters. The summed E-state index contributed by atoms with van der Waals surface area (Å²) >= 11 is 0. The fraction of sp³-hybridized carbons (Fsp3) is 0.217. The molecule has 0 spiro atoms. The van der Waals surface area contributed by atoms with Gasteiger partial charge in [0.1, 0.15) is 17.2 Å². The fourth-order valence-corrected chi connectivity index (χ4v) is 3.11. The minimum atomic E-state index is 0.316. The molecule has 0 radical (unpaired) electrons. The first kappa shape index (κ1) is 18.8. The Labute approximate surface area is 160 Å². The number of methoxy groups -OCH3 is 2. The summed E-state index contributed by atoms with van der Waals surface area (Å²) in [7, 11) is 3.38. The summed E-state index contributed by atoms with van der Waals surface area (Å²) < 4.78 is 11.2. The van der Waals surface area contributed by atoms with Gasteiger partial charge in [0.25, 0.3) is 0 Å². The number of phenols is 1. The van der Waals surface area contributed by atoms with Crippen molar-refractivity contribution in [3.8, 4) is 28.4 Å². The molecule has 3 aromatic carbocycles. The molecule has 0 heterocycles. The highest BCUT2D eigenvalue weighted by molar-refractivity contribution is 5.73. The molecule has 4 nitrogen and oxygen atoms in total. The summed E-state index contributed by atoms with van der Waals surface area (Å²) in [6.07, 6.45) is 0.794. The van der Waals surface area contributed by atoms with E-state index in [-0.39, 0.29) is 0 Å². The Morgan fingerprint density at radius 1 is 0.815 bits per heavy atom. The van der Waals surface area contributed by atoms with Crippen molar-refractivity contribution in [1.29, 1.82) is 0 Å². The van der Waals surface area contributed by atoms with Gasteiger partial charge in [0.05, 0.1) is 14.2 Å². The maximum Gasteiger partial charge on any atom is 0.127 e. The summed E-state index contributed by atoms with van der Waals surface area (Å²) in [6, 6.07) is 21.6. The molecule has 2 N–H and O–H groups in total. The molecule has 0 aliphatic heterocycles. The van der Waals surface area contributed by atoms with E-state index >= 15 is 0 Å². The number of rotatable bonds is 8. The Morgan fingerprint density at radius 2 is 1.52 bits per heavy atom. The van der Waals surface area contributed by atoms with Gasteiger partial charge in [-0.1, -0.05) is 48.5 Å². The highest BCUT2D eigenvalue weighted by Gasteiger charge is 2.12. The van der Waals surface area contributed by atoms with Crippen LogP contribution < -0.4 is 14.8 Å². The average molecular weight is 363 g/mol. The number of benzene rings is 3. The van der Waals surface area contributed by atoms with E-state index in [4.69, 9.17) is 9.47 Å². The third kappa shape index (κ3) is 4.60. The molecule has 3 aromatic rings. The molecular weight excluding hydrogens is 338 g/mol. The van der Waals surface area contributed by atoms with E-state index in [1.54, 1.807) is 20.3 Å². The van der Waals surface area contributed by atoms with Gasteiger partial charge in [0, 0.05) is 17.7 Å². The van der Waals surface area contributed by atoms with Crippen LogP contribution >= 0.6 is 0 Å². The molecule has 0 aliphatic carbocycles. The van der Waals surface area contributed by atoms with Gasteiger partial charge in [-0.15, -0.1) is 0 Å². The number of hydrogen-bond donors (Lipinski definition) is 2. The van der Waals surface area contributed by atoms with Crippen LogP contribution in [0, 0.1) is 0 Å². The lowest BCUT2D eigenvalue weighted by molar-refractivity contribution is 0.399. The summed E-state index contributed by atoms with van der Waals surface area (Å²) in [5, 5.41) is 13.2. The van der Waals surface area contributed by atoms with Crippen molar-refractivity contribution in [2.24, 2.45) is 0 Å². The molecule has 0 aromatic heterocycles. The largest absolute Gasteiger partial charge is 0.508 e. The fourth-order valence-electron chi connectivity index (χ4n) is 3.11. The predicted octanol–water partition coefficient (Wildman–Crippen LogP) is 4.41. The number of para-hydroxylation sites is 1. The van der Waals surface area contributed by atoms with Gasteiger partial charge in [-0.05, 0) is 42.3 Å². The van der Waals surface area contributed by atoms with Crippen LogP contribution in [0.15, 0.2) is 66.7 Å². The highest BCUT2D eigenvalue weighted by atomic mass is 16.5. The first-order valence-corrected chi connectivity index (χ1v) is 9.01. The van der Waals surface area contributed by atoms with E-state index in [2.05, 4.69) is 17.4 Å². The molecule has 3 rings (SSSR count). The van der Waals surface area contributed by atoms with Crippen LogP contribution in [-0.4, -0.2) is 25.9 Å². The normalized spacial score (nSPS) is 10.6. The first-order valence-electron chi connectivity index (χ1n) is 9.01. The monoisotopic (exact) mass is 363 g/mol. The lowest BCUT2D eigenvalue weighted by Gasteiger charge is -2.15. The van der Waals surface area contributed by atoms with E-state index in [1.807, 2.05) is 48.5 Å². The van der Waals surface area contributed by atoms with Crippen molar-refractivity contribution in [1.82, 2.24) is 5.32 Å². The van der Waals surface area contributed by atoms with Crippen LogP contribution in [0.5, 0.6) is 17.2 Å². The molecule has 140 valence electrons. The second-order valence-electron chi connectivity index (χ2n) is 6.29. The van der Waals surface area contributed by atoms with Gasteiger partial charge in [0.2, 0.25) is 0 Å². The molecule has 27 heavy (non-hydrogen) atoms. The molecule has 0 saturated carbocycles. The molecule has 4 heteroatoms. The second-order valence-corrected chi connectivity index (χ2v) is 6.29. The molecule has 0 saturated heterocycles. The van der Waals surface area contributed by atoms with Crippen LogP contribution in [0.25, 0.3) is 11.1 Å². The minimum absolute atomic E-state index is 0.316. The van der Waals surface area contributed by atoms with Gasteiger partial charge in [-0.3, -0.25) is 0 Å². The van der Waals surface area contributed by atoms with Crippen molar-refractivity contribution >= 4 is 0 Å². The molecule has 0 bridgehead atoms. The third-order valence-corrected chi connectivity index (χ3v) is 4.57. The van der Waals surface area contributed by atoms with Gasteiger partial charge in [-0.2, -0.15) is 0 Å². The van der Waals surface area contributed by atoms with Crippen LogP contribution in [0.1, 0.15) is 11.1 Å². The lowest BCUT2D eigenvalue weighted by atomic mass is 10.00. The highest BCUT2D eigenvalue weighted by Crippen LogP contribution is 2.36. The quantitative estimate of drug-likeness (QED) is 0.582. The third-order valence-electron chi connectivity index (χ3n) is 4.57. The molecule has 0 amide bonds. The Kier molecular flexibility index (Phi) is 6.34. The lowest BCUT2D eigenvalue weighted by Crippen LogP contribution is -2.17. The number of nitrogens with one attached hydrogen (secondary N) is 1. The SMILES string of the molecule is COc1cc(-c2ccccc2)c(OC)cc1CCNCc1ccccc1O. The van der Waals surface area contributed by atoms with Crippen molar-refractivity contribution in [3.63, 3.8) is 0 Å². The maximum atomic E-state index is 9.84. The predicted molar refractivity (Wildman–Crippen MR) is 108 cm³/mol. The zero-order valence-electron chi connectivity index (χ0n) is 15.7. The standard InChI is InChI=1S/C23H25NO3/c1-26-22-15-20(17-8-4-3-5-9-17)23(27-2)14-18(22)12-13-24-16-19-10-6-7-11-21(19)25/h3-11,14-15,24-25H,12-13,16H2,1-2H3. The van der Waals surface area contributed by atoms with Crippen molar-refractivity contribution in [2.75, 3.05) is 20.8 Å². The Bertz CT molecular complexity index is 878. The Morgan fingerprint density at radius 3 is 2.22 bits per heavy atom. The maximum absolute atomic E-state index is 9.84. The number of hydrogen-bond acceptors (Lipinski definition) is 4. The molecule has 0 fully saturated rings. The number of ether oxygens (including phenoxy) is 2. The van der Waals surface area contributed by atoms with Crippen molar-refractivity contribution in [2.45, 2.75) is 13.0 Å². The summed E-state index contributed by atoms with van der Waals surface area (Å²) in [4.78, 5) is 0. The van der Waals surface area contributed by atoms with E-state index < -0.39 is 0 Å². The molecule has 0 unspecified atom stereocenters. The van der Waals surface area contributed by atoms with E-state index in [9.17, 15) is 5.11 Å². The Hall–Kier alpha value is -2.98. The number of phenolic OH excluding ortho intramolecular Hbond substituents is 1. The van der Waals surface area contributed by atoms with E-state index in [0.29, 0.717) is 12.3 Å². The number of aromatic hydroxyl groups is 1. The smallest absolute Gasteiger partial charge is 0.127 e. The average Bonchev–Trinajstić information content (AvgIpc) is 2.72.